The highest BCUT2D eigenvalue weighted by Gasteiger charge is 2.30. The summed E-state index contributed by atoms with van der Waals surface area (Å²) in [5.74, 6) is 1.20. The average molecular weight is 486 g/mol. The minimum absolute atomic E-state index is 0.116. The number of benzene rings is 2. The van der Waals surface area contributed by atoms with Crippen LogP contribution >= 0.6 is 34.8 Å². The highest BCUT2D eigenvalue weighted by Crippen LogP contribution is 2.33. The predicted octanol–water partition coefficient (Wildman–Crippen LogP) is 7.09. The van der Waals surface area contributed by atoms with Gasteiger partial charge in [0.2, 0.25) is 0 Å². The molecule has 2 aromatic rings. The van der Waals surface area contributed by atoms with Crippen LogP contribution in [0.5, 0.6) is 23.0 Å². The van der Waals surface area contributed by atoms with Crippen LogP contribution in [-0.4, -0.2) is 26.2 Å². The largest absolute Gasteiger partial charge is 0.573 e. The van der Waals surface area contributed by atoms with Crippen LogP contribution in [0.4, 0.5) is 13.2 Å². The van der Waals surface area contributed by atoms with Gasteiger partial charge in [0.25, 0.3) is 0 Å². The van der Waals surface area contributed by atoms with Crippen molar-refractivity contribution in [2.24, 2.45) is 0 Å². The lowest BCUT2D eigenvalue weighted by molar-refractivity contribution is -0.274. The first-order valence-corrected chi connectivity index (χ1v) is 9.83. The minimum Gasteiger partial charge on any atom is -0.493 e. The lowest BCUT2D eigenvalue weighted by atomic mass is 10.2. The summed E-state index contributed by atoms with van der Waals surface area (Å²) >= 11 is 17.3. The van der Waals surface area contributed by atoms with Crippen LogP contribution < -0.4 is 18.9 Å². The molecule has 0 amide bonds. The van der Waals surface area contributed by atoms with Crippen LogP contribution in [0.25, 0.3) is 0 Å². The number of ether oxygens (including phenoxy) is 4. The fourth-order valence-electron chi connectivity index (χ4n) is 2.33. The van der Waals surface area contributed by atoms with E-state index in [-0.39, 0.29) is 16.8 Å². The molecular formula is C20H18Cl3F3O4. The Morgan fingerprint density at radius 3 is 2.17 bits per heavy atom. The second-order valence-electron chi connectivity index (χ2n) is 5.93. The van der Waals surface area contributed by atoms with Crippen molar-refractivity contribution in [2.75, 3.05) is 19.8 Å². The van der Waals surface area contributed by atoms with Crippen molar-refractivity contribution < 1.29 is 32.1 Å². The van der Waals surface area contributed by atoms with E-state index in [1.807, 2.05) is 6.92 Å². The van der Waals surface area contributed by atoms with E-state index >= 15 is 0 Å². The zero-order valence-corrected chi connectivity index (χ0v) is 18.0. The first-order valence-electron chi connectivity index (χ1n) is 8.69. The lowest BCUT2D eigenvalue weighted by Crippen LogP contribution is -2.17. The molecule has 2 rings (SSSR count). The molecule has 0 aliphatic rings. The topological polar surface area (TPSA) is 36.9 Å². The number of alkyl halides is 3. The van der Waals surface area contributed by atoms with Crippen molar-refractivity contribution in [3.05, 3.63) is 57.6 Å². The zero-order chi connectivity index (χ0) is 22.1. The highest BCUT2D eigenvalue weighted by molar-refractivity contribution is 6.55. The molecule has 0 radical (unpaired) electrons. The van der Waals surface area contributed by atoms with E-state index in [1.165, 1.54) is 30.3 Å². The Bertz CT molecular complexity index is 828. The Hall–Kier alpha value is -1.96. The molecule has 0 heterocycles. The summed E-state index contributed by atoms with van der Waals surface area (Å²) in [6, 6.07) is 8.56. The van der Waals surface area contributed by atoms with Crippen LogP contribution in [-0.2, 0) is 0 Å². The number of hydrogen-bond acceptors (Lipinski definition) is 4. The summed E-state index contributed by atoms with van der Waals surface area (Å²) in [5.41, 5.74) is 0.791. The molecule has 0 aromatic heterocycles. The number of aryl methyl sites for hydroxylation is 1. The smallest absolute Gasteiger partial charge is 0.493 e. The first kappa shape index (κ1) is 24.3. The molecule has 4 nitrogen and oxygen atoms in total. The molecule has 0 spiro atoms. The van der Waals surface area contributed by atoms with Gasteiger partial charge in [-0.05, 0) is 48.9 Å². The van der Waals surface area contributed by atoms with Crippen LogP contribution in [0.15, 0.2) is 47.0 Å². The quantitative estimate of drug-likeness (QED) is 0.337. The average Bonchev–Trinajstić information content (AvgIpc) is 2.63. The number of rotatable bonds is 10. The van der Waals surface area contributed by atoms with Gasteiger partial charge in [0.1, 0.15) is 34.1 Å². The first-order chi connectivity index (χ1) is 14.1. The van der Waals surface area contributed by atoms with Crippen LogP contribution in [0.2, 0.25) is 5.02 Å². The van der Waals surface area contributed by atoms with Gasteiger partial charge < -0.3 is 18.9 Å². The highest BCUT2D eigenvalue weighted by atomic mass is 35.5. The van der Waals surface area contributed by atoms with Gasteiger partial charge in [-0.15, -0.1) is 13.2 Å². The fourth-order valence-corrected chi connectivity index (χ4v) is 2.76. The molecule has 0 bridgehead atoms. The normalized spacial score (nSPS) is 11.0. The molecule has 0 saturated carbocycles. The van der Waals surface area contributed by atoms with Crippen LogP contribution in [0.1, 0.15) is 12.0 Å². The molecule has 2 aromatic carbocycles. The van der Waals surface area contributed by atoms with E-state index in [4.69, 9.17) is 49.0 Å². The molecule has 0 N–H and O–H groups in total. The van der Waals surface area contributed by atoms with Gasteiger partial charge in [-0.1, -0.05) is 34.8 Å². The Morgan fingerprint density at radius 1 is 0.933 bits per heavy atom. The Morgan fingerprint density at radius 2 is 1.57 bits per heavy atom. The van der Waals surface area contributed by atoms with Gasteiger partial charge in [-0.2, -0.15) is 0 Å². The third kappa shape index (κ3) is 8.81. The molecule has 0 fully saturated rings. The zero-order valence-electron chi connectivity index (χ0n) is 15.8. The van der Waals surface area contributed by atoms with Gasteiger partial charge in [0.05, 0.1) is 18.2 Å². The minimum atomic E-state index is -4.72. The van der Waals surface area contributed by atoms with Gasteiger partial charge in [0.15, 0.2) is 0 Å². The van der Waals surface area contributed by atoms with Crippen molar-refractivity contribution in [1.82, 2.24) is 0 Å². The van der Waals surface area contributed by atoms with Crippen LogP contribution in [0, 0.1) is 6.92 Å². The Balaban J connectivity index is 1.77. The molecular weight excluding hydrogens is 468 g/mol. The second kappa shape index (κ2) is 11.4. The second-order valence-corrected chi connectivity index (χ2v) is 7.34. The molecule has 0 atom stereocenters. The van der Waals surface area contributed by atoms with E-state index in [0.717, 1.165) is 5.56 Å². The summed E-state index contributed by atoms with van der Waals surface area (Å²) in [5, 5.41) is 0.395. The molecule has 0 aliphatic carbocycles. The number of hydrogen-bond donors (Lipinski definition) is 0. The van der Waals surface area contributed by atoms with Crippen LogP contribution in [0.3, 0.4) is 0 Å². The summed E-state index contributed by atoms with van der Waals surface area (Å²) in [4.78, 5) is 0. The van der Waals surface area contributed by atoms with Gasteiger partial charge in [-0.25, -0.2) is 0 Å². The molecule has 164 valence electrons. The van der Waals surface area contributed by atoms with E-state index in [1.54, 1.807) is 12.1 Å². The van der Waals surface area contributed by atoms with Crippen molar-refractivity contribution in [2.45, 2.75) is 19.7 Å². The summed E-state index contributed by atoms with van der Waals surface area (Å²) < 4.78 is 57.0. The Labute approximate surface area is 187 Å². The number of halogens is 6. The van der Waals surface area contributed by atoms with E-state index < -0.39 is 6.36 Å². The molecule has 30 heavy (non-hydrogen) atoms. The maximum Gasteiger partial charge on any atom is 0.573 e. The fraction of sp³-hybridized carbons (Fsp3) is 0.300. The monoisotopic (exact) mass is 484 g/mol. The maximum absolute atomic E-state index is 12.1. The Kier molecular flexibility index (Phi) is 9.27. The molecule has 10 heteroatoms. The van der Waals surface area contributed by atoms with Gasteiger partial charge in [0, 0.05) is 12.5 Å². The predicted molar refractivity (Wildman–Crippen MR) is 110 cm³/mol. The van der Waals surface area contributed by atoms with Crippen molar-refractivity contribution >= 4 is 34.8 Å². The van der Waals surface area contributed by atoms with E-state index in [2.05, 4.69) is 4.74 Å². The molecule has 0 unspecified atom stereocenters. The van der Waals surface area contributed by atoms with E-state index in [9.17, 15) is 13.2 Å². The van der Waals surface area contributed by atoms with Crippen molar-refractivity contribution in [1.29, 1.82) is 0 Å². The summed E-state index contributed by atoms with van der Waals surface area (Å²) in [6.45, 7) is 2.68. The van der Waals surface area contributed by atoms with Gasteiger partial charge in [-0.3, -0.25) is 0 Å². The van der Waals surface area contributed by atoms with Gasteiger partial charge >= 0.3 is 6.36 Å². The van der Waals surface area contributed by atoms with E-state index in [0.29, 0.717) is 41.9 Å². The summed E-state index contributed by atoms with van der Waals surface area (Å²) in [7, 11) is 0. The molecule has 0 saturated heterocycles. The maximum atomic E-state index is 12.1. The SMILES string of the molecule is Cc1cc(OCC=C(Cl)Cl)cc(Cl)c1OCCCOc1ccc(OC(F)(F)F)cc1. The third-order valence-electron chi connectivity index (χ3n) is 3.55. The standard InChI is InChI=1S/C20H18Cl3F3O4/c1-13-11-16(28-10-7-18(22)23)12-17(21)19(13)29-9-2-8-27-14-3-5-15(6-4-14)30-20(24,25)26/h3-7,11-12H,2,8-10H2,1H3. The third-order valence-corrected chi connectivity index (χ3v) is 4.14. The lowest BCUT2D eigenvalue weighted by Gasteiger charge is -2.14. The molecule has 0 aliphatic heterocycles. The summed E-state index contributed by atoms with van der Waals surface area (Å²) in [6.07, 6.45) is -2.68. The van der Waals surface area contributed by atoms with Crippen molar-refractivity contribution in [3.63, 3.8) is 0 Å². The van der Waals surface area contributed by atoms with Crippen molar-refractivity contribution in [3.8, 4) is 23.0 Å².